The number of ether oxygens (including phenoxy) is 1. The molecule has 0 aliphatic heterocycles. The maximum absolute atomic E-state index is 11.3. The molecule has 0 aliphatic rings. The monoisotopic (exact) mass is 874 g/mol. The van der Waals surface area contributed by atoms with Crippen LogP contribution in [0, 0.1) is 19.3 Å². The lowest BCUT2D eigenvalue weighted by molar-refractivity contribution is -0.134. The number of nitrogens with two attached hydrogens (primary N) is 1. The number of rotatable bonds is 10. The molecule has 0 amide bonds. The van der Waals surface area contributed by atoms with Crippen LogP contribution in [0.15, 0.2) is 123 Å². The number of esters is 1. The SMILES string of the molecule is CC(=O)O.CN(C)C=Nc1cnc(-c2cccc(CO)c2)nc1.COC(=O)c1cccc(-c2noc(C)n2)c1.Cc1nc(-c2cccc(CO)c2)no1.N=C(N)c1cccc(CO)c1. The number of nitrogens with zero attached hydrogens (tertiary/aromatic N) is 8. The smallest absolute Gasteiger partial charge is 0.337 e. The summed E-state index contributed by atoms with van der Waals surface area (Å²) < 4.78 is 14.4. The Morgan fingerprint density at radius 2 is 1.14 bits per heavy atom. The van der Waals surface area contributed by atoms with Crippen molar-refractivity contribution in [3.8, 4) is 34.2 Å². The van der Waals surface area contributed by atoms with E-state index in [1.807, 2.05) is 67.5 Å². The molecule has 3 aromatic heterocycles. The van der Waals surface area contributed by atoms with E-state index >= 15 is 0 Å². The number of methoxy groups -OCH3 is 1. The van der Waals surface area contributed by atoms with E-state index in [-0.39, 0.29) is 31.6 Å². The van der Waals surface area contributed by atoms with Crippen LogP contribution < -0.4 is 5.73 Å². The third kappa shape index (κ3) is 17.5. The van der Waals surface area contributed by atoms with E-state index in [1.54, 1.807) is 81.1 Å². The zero-order valence-electron chi connectivity index (χ0n) is 36.1. The number of carbonyl (C=O) groups excluding carboxylic acids is 1. The molecule has 0 saturated carbocycles. The van der Waals surface area contributed by atoms with Gasteiger partial charge in [0.05, 0.1) is 51.2 Å². The van der Waals surface area contributed by atoms with Crippen molar-refractivity contribution >= 4 is 29.8 Å². The zero-order valence-corrected chi connectivity index (χ0v) is 36.1. The molecule has 0 saturated heterocycles. The van der Waals surface area contributed by atoms with Gasteiger partial charge in [-0.25, -0.2) is 19.8 Å². The van der Waals surface area contributed by atoms with E-state index in [9.17, 15) is 4.79 Å². The van der Waals surface area contributed by atoms with Gasteiger partial charge in [-0.2, -0.15) is 9.97 Å². The fourth-order valence-corrected chi connectivity index (χ4v) is 4.91. The number of hydrogen-bond acceptors (Lipinski definition) is 16. The summed E-state index contributed by atoms with van der Waals surface area (Å²) in [5, 5.41) is 48.9. The Hall–Kier alpha value is -8.00. The Labute approximate surface area is 369 Å². The number of amidine groups is 1. The molecule has 0 radical (unpaired) electrons. The lowest BCUT2D eigenvalue weighted by Gasteiger charge is -2.04. The number of aromatic nitrogens is 6. The average Bonchev–Trinajstić information content (AvgIpc) is 3.96. The summed E-state index contributed by atoms with van der Waals surface area (Å²) in [4.78, 5) is 43.1. The Balaban J connectivity index is 0.000000224. The molecule has 64 heavy (non-hydrogen) atoms. The molecule has 4 aromatic carbocycles. The first-order valence-electron chi connectivity index (χ1n) is 19.1. The topological polar surface area (TPSA) is 293 Å². The van der Waals surface area contributed by atoms with Gasteiger partial charge >= 0.3 is 5.97 Å². The summed E-state index contributed by atoms with van der Waals surface area (Å²) in [6.07, 6.45) is 5.05. The van der Waals surface area contributed by atoms with E-state index in [0.717, 1.165) is 40.3 Å². The second-order valence-corrected chi connectivity index (χ2v) is 13.3. The molecule has 7 aromatic rings. The minimum Gasteiger partial charge on any atom is -0.481 e. The molecule has 0 atom stereocenters. The standard InChI is InChI=1S/C14H16N4O.C11H10N2O3.C10H10N2O2.C8H10N2O.C2H4O2/c1-18(2)10-17-13-7-15-14(16-8-13)12-5-3-4-11(6-12)9-19;1-7-12-10(13-16-7)8-4-3-5-9(6-8)11(14)15-2;1-7-11-10(12-14-7)9-4-2-3-8(5-9)6-13;9-8(10)7-3-1-2-6(4-7)5-11;1-2(3)4/h3-8,10,19H,9H2,1-2H3;3-6H,1-2H3;2-5,13H,6H2,1H3;1-4,11H,5H2,(H3,9,10);1H3,(H,3,4). The Kier molecular flexibility index (Phi) is 20.7. The van der Waals surface area contributed by atoms with Crippen LogP contribution in [0.2, 0.25) is 0 Å². The van der Waals surface area contributed by atoms with Crippen LogP contribution in [0.1, 0.15) is 51.3 Å². The largest absolute Gasteiger partial charge is 0.481 e. The van der Waals surface area contributed by atoms with Crippen LogP contribution in [0.4, 0.5) is 5.69 Å². The number of nitrogen functional groups attached to an aromatic ring is 1. The van der Waals surface area contributed by atoms with Crippen molar-refractivity contribution < 1.29 is 43.8 Å². The molecule has 0 unspecified atom stereocenters. The average molecular weight is 875 g/mol. The number of benzene rings is 4. The summed E-state index contributed by atoms with van der Waals surface area (Å²) >= 11 is 0. The molecule has 334 valence electrons. The summed E-state index contributed by atoms with van der Waals surface area (Å²) in [5.41, 5.74) is 12.0. The molecule has 0 aliphatic carbocycles. The summed E-state index contributed by atoms with van der Waals surface area (Å²) in [6, 6.07) is 28.8. The summed E-state index contributed by atoms with van der Waals surface area (Å²) in [7, 11) is 5.14. The number of aliphatic hydroxyl groups is 3. The Bertz CT molecular complexity index is 2570. The second kappa shape index (κ2) is 26.4. The van der Waals surface area contributed by atoms with Gasteiger partial charge in [0.2, 0.25) is 23.4 Å². The quantitative estimate of drug-likeness (QED) is 0.0539. The van der Waals surface area contributed by atoms with Crippen LogP contribution in [-0.2, 0) is 29.4 Å². The van der Waals surface area contributed by atoms with Gasteiger partial charge in [0, 0.05) is 57.1 Å². The van der Waals surface area contributed by atoms with Crippen molar-refractivity contribution in [2.75, 3.05) is 21.2 Å². The van der Waals surface area contributed by atoms with Crippen molar-refractivity contribution in [1.82, 2.24) is 35.1 Å². The van der Waals surface area contributed by atoms with E-state index in [0.29, 0.717) is 46.1 Å². The zero-order chi connectivity index (χ0) is 47.0. The third-order valence-electron chi connectivity index (χ3n) is 7.83. The number of aliphatic hydroxyl groups excluding tert-OH is 3. The first kappa shape index (κ1) is 50.4. The molecular weight excluding hydrogens is 825 g/mol. The van der Waals surface area contributed by atoms with Crippen molar-refractivity contribution in [3.05, 3.63) is 149 Å². The van der Waals surface area contributed by atoms with E-state index in [2.05, 4.69) is 40.0 Å². The Morgan fingerprint density at radius 1 is 0.719 bits per heavy atom. The van der Waals surface area contributed by atoms with Gasteiger partial charge in [0.15, 0.2) is 5.82 Å². The molecule has 0 fully saturated rings. The third-order valence-corrected chi connectivity index (χ3v) is 7.83. The molecule has 19 nitrogen and oxygen atoms in total. The first-order chi connectivity index (χ1) is 30.6. The highest BCUT2D eigenvalue weighted by atomic mass is 16.5. The predicted molar refractivity (Wildman–Crippen MR) is 238 cm³/mol. The predicted octanol–water partition coefficient (Wildman–Crippen LogP) is 5.78. The van der Waals surface area contributed by atoms with Crippen molar-refractivity contribution in [3.63, 3.8) is 0 Å². The van der Waals surface area contributed by atoms with Crippen molar-refractivity contribution in [2.24, 2.45) is 10.7 Å². The maximum atomic E-state index is 11.3. The van der Waals surface area contributed by atoms with Crippen molar-refractivity contribution in [1.29, 1.82) is 5.41 Å². The maximum Gasteiger partial charge on any atom is 0.337 e. The van der Waals surface area contributed by atoms with Gasteiger partial charge in [0.1, 0.15) is 11.5 Å². The van der Waals surface area contributed by atoms with Gasteiger partial charge < -0.3 is 44.8 Å². The van der Waals surface area contributed by atoms with Gasteiger partial charge in [-0.3, -0.25) is 10.2 Å². The van der Waals surface area contributed by atoms with E-state index < -0.39 is 5.97 Å². The van der Waals surface area contributed by atoms with E-state index in [4.69, 9.17) is 45.4 Å². The number of carbonyl (C=O) groups is 2. The number of carboxylic acids is 1. The minimum atomic E-state index is -0.833. The van der Waals surface area contributed by atoms with Gasteiger partial charge in [-0.05, 0) is 47.0 Å². The lowest BCUT2D eigenvalue weighted by Crippen LogP contribution is -2.10. The molecule has 3 heterocycles. The molecule has 19 heteroatoms. The fourth-order valence-electron chi connectivity index (χ4n) is 4.91. The van der Waals surface area contributed by atoms with Crippen LogP contribution in [0.25, 0.3) is 34.2 Å². The van der Waals surface area contributed by atoms with Gasteiger partial charge in [-0.1, -0.05) is 77.0 Å². The number of nitrogens with one attached hydrogen (secondary N) is 1. The summed E-state index contributed by atoms with van der Waals surface area (Å²) in [6.45, 7) is 4.55. The van der Waals surface area contributed by atoms with E-state index in [1.165, 1.54) is 7.11 Å². The highest BCUT2D eigenvalue weighted by molar-refractivity contribution is 5.95. The van der Waals surface area contributed by atoms with Crippen molar-refractivity contribution in [2.45, 2.75) is 40.6 Å². The Morgan fingerprint density at radius 3 is 1.56 bits per heavy atom. The first-order valence-corrected chi connectivity index (χ1v) is 19.1. The van der Waals surface area contributed by atoms with Crippen LogP contribution in [0.3, 0.4) is 0 Å². The second-order valence-electron chi connectivity index (χ2n) is 13.3. The summed E-state index contributed by atoms with van der Waals surface area (Å²) in [5.74, 6) is 1.47. The molecule has 0 bridgehead atoms. The molecule has 7 N–H and O–H groups in total. The number of carboxylic acid groups (broad SMARTS) is 1. The number of aliphatic carboxylic acids is 1. The van der Waals surface area contributed by atoms with Gasteiger partial charge in [-0.15, -0.1) is 0 Å². The lowest BCUT2D eigenvalue weighted by atomic mass is 10.1. The fraction of sp³-hybridized carbons (Fsp3) is 0.200. The van der Waals surface area contributed by atoms with Crippen LogP contribution >= 0.6 is 0 Å². The minimum absolute atomic E-state index is 0.0128. The number of aryl methyl sites for hydroxylation is 2. The molecule has 7 rings (SSSR count). The highest BCUT2D eigenvalue weighted by Gasteiger charge is 2.10. The number of hydrogen-bond donors (Lipinski definition) is 6. The highest BCUT2D eigenvalue weighted by Crippen LogP contribution is 2.20. The normalized spacial score (nSPS) is 10.1. The number of aliphatic imine (C=N–C) groups is 1. The molecular formula is C45H50N10O9. The van der Waals surface area contributed by atoms with Crippen LogP contribution in [-0.4, -0.2) is 101 Å². The van der Waals surface area contributed by atoms with Gasteiger partial charge in [0.25, 0.3) is 5.97 Å². The van der Waals surface area contributed by atoms with Crippen LogP contribution in [0.5, 0.6) is 0 Å². The molecule has 0 spiro atoms.